The molecule has 1 aliphatic carbocycles. The van der Waals surface area contributed by atoms with Crippen LogP contribution < -0.4 is 0 Å². The minimum atomic E-state index is 0.111. The SMILES string of the molecule is CN1CCCCC[C@H]1C(=O)N1CCCN(C2Cc3ccccc3C2)CC1. The van der Waals surface area contributed by atoms with Crippen LogP contribution in [-0.2, 0) is 17.6 Å². The van der Waals surface area contributed by atoms with Gasteiger partial charge in [0.15, 0.2) is 0 Å². The molecule has 0 N–H and O–H groups in total. The van der Waals surface area contributed by atoms with Gasteiger partial charge in [0.2, 0.25) is 5.91 Å². The fourth-order valence-corrected chi connectivity index (χ4v) is 5.09. The van der Waals surface area contributed by atoms with Crippen molar-refractivity contribution >= 4 is 5.91 Å². The molecule has 3 aliphatic rings. The van der Waals surface area contributed by atoms with Crippen molar-refractivity contribution in [3.63, 3.8) is 0 Å². The third-order valence-corrected chi connectivity index (χ3v) is 6.69. The van der Waals surface area contributed by atoms with E-state index in [-0.39, 0.29) is 6.04 Å². The lowest BCUT2D eigenvalue weighted by Crippen LogP contribution is -2.48. The molecule has 1 amide bonds. The molecule has 142 valence electrons. The van der Waals surface area contributed by atoms with Crippen LogP contribution in [0.1, 0.15) is 43.2 Å². The molecule has 4 rings (SSSR count). The van der Waals surface area contributed by atoms with Crippen molar-refractivity contribution in [2.75, 3.05) is 39.8 Å². The zero-order valence-electron chi connectivity index (χ0n) is 16.2. The molecule has 0 spiro atoms. The maximum Gasteiger partial charge on any atom is 0.239 e. The van der Waals surface area contributed by atoms with Gasteiger partial charge in [0.05, 0.1) is 6.04 Å². The van der Waals surface area contributed by atoms with Crippen molar-refractivity contribution in [3.05, 3.63) is 35.4 Å². The molecule has 2 aliphatic heterocycles. The topological polar surface area (TPSA) is 26.8 Å². The van der Waals surface area contributed by atoms with Crippen LogP contribution in [0, 0.1) is 0 Å². The Balaban J connectivity index is 1.35. The number of benzene rings is 1. The van der Waals surface area contributed by atoms with Crippen molar-refractivity contribution < 1.29 is 4.79 Å². The van der Waals surface area contributed by atoms with Crippen LogP contribution in [0.3, 0.4) is 0 Å². The zero-order valence-corrected chi connectivity index (χ0v) is 16.2. The zero-order chi connectivity index (χ0) is 17.9. The first-order chi connectivity index (χ1) is 12.7. The molecule has 4 heteroatoms. The Morgan fingerprint density at radius 3 is 2.42 bits per heavy atom. The minimum Gasteiger partial charge on any atom is -0.340 e. The summed E-state index contributed by atoms with van der Waals surface area (Å²) in [6, 6.07) is 9.62. The highest BCUT2D eigenvalue weighted by Gasteiger charge is 2.32. The van der Waals surface area contributed by atoms with Crippen LogP contribution in [0.4, 0.5) is 0 Å². The van der Waals surface area contributed by atoms with Gasteiger partial charge >= 0.3 is 0 Å². The van der Waals surface area contributed by atoms with Crippen LogP contribution >= 0.6 is 0 Å². The Morgan fingerprint density at radius 2 is 1.65 bits per heavy atom. The molecule has 1 aromatic carbocycles. The molecule has 2 heterocycles. The monoisotopic (exact) mass is 355 g/mol. The van der Waals surface area contributed by atoms with Gasteiger partial charge in [-0.15, -0.1) is 0 Å². The van der Waals surface area contributed by atoms with Gasteiger partial charge < -0.3 is 4.90 Å². The molecular weight excluding hydrogens is 322 g/mol. The smallest absolute Gasteiger partial charge is 0.239 e. The number of rotatable bonds is 2. The van der Waals surface area contributed by atoms with Gasteiger partial charge in [-0.1, -0.05) is 37.1 Å². The fraction of sp³-hybridized carbons (Fsp3) is 0.682. The molecule has 1 atom stereocenters. The molecule has 4 nitrogen and oxygen atoms in total. The lowest BCUT2D eigenvalue weighted by Gasteiger charge is -2.31. The summed E-state index contributed by atoms with van der Waals surface area (Å²) in [5.74, 6) is 0.381. The number of carbonyl (C=O) groups is 1. The molecule has 0 unspecified atom stereocenters. The van der Waals surface area contributed by atoms with E-state index in [1.807, 2.05) is 0 Å². The van der Waals surface area contributed by atoms with Crippen LogP contribution in [0.2, 0.25) is 0 Å². The fourth-order valence-electron chi connectivity index (χ4n) is 5.09. The first-order valence-corrected chi connectivity index (χ1v) is 10.5. The summed E-state index contributed by atoms with van der Waals surface area (Å²) in [6.45, 7) is 5.05. The summed E-state index contributed by atoms with van der Waals surface area (Å²) >= 11 is 0. The second-order valence-electron chi connectivity index (χ2n) is 8.39. The second-order valence-corrected chi connectivity index (χ2v) is 8.39. The first kappa shape index (κ1) is 18.0. The van der Waals surface area contributed by atoms with Gasteiger partial charge in [-0.05, 0) is 56.8 Å². The summed E-state index contributed by atoms with van der Waals surface area (Å²) in [4.78, 5) is 20.2. The highest BCUT2D eigenvalue weighted by molar-refractivity contribution is 5.82. The number of likely N-dealkylation sites (N-methyl/N-ethyl adjacent to an activating group) is 1. The van der Waals surface area contributed by atoms with Crippen molar-refractivity contribution in [2.45, 2.75) is 57.0 Å². The molecular formula is C22H33N3O. The van der Waals surface area contributed by atoms with Crippen LogP contribution in [0.5, 0.6) is 0 Å². The van der Waals surface area contributed by atoms with Gasteiger partial charge in [-0.25, -0.2) is 0 Å². The summed E-state index contributed by atoms with van der Waals surface area (Å²) in [5.41, 5.74) is 3.05. The third kappa shape index (κ3) is 3.81. The number of amides is 1. The quantitative estimate of drug-likeness (QED) is 0.816. The lowest BCUT2D eigenvalue weighted by atomic mass is 10.1. The van der Waals surface area contributed by atoms with E-state index in [9.17, 15) is 4.79 Å². The average molecular weight is 356 g/mol. The standard InChI is InChI=1S/C22H33N3O/c1-23-11-6-2-3-10-21(23)22(26)25-13-7-12-24(14-15-25)20-16-18-8-4-5-9-19(18)17-20/h4-5,8-9,20-21H,2-3,6-7,10-17H2,1H3/t21-/m0/s1. The number of fused-ring (bicyclic) bond motifs is 1. The molecule has 26 heavy (non-hydrogen) atoms. The molecule has 2 fully saturated rings. The Kier molecular flexibility index (Phi) is 5.60. The average Bonchev–Trinajstić information content (AvgIpc) is 2.80. The Bertz CT molecular complexity index is 607. The third-order valence-electron chi connectivity index (χ3n) is 6.69. The Morgan fingerprint density at radius 1 is 0.885 bits per heavy atom. The maximum atomic E-state index is 13.1. The predicted octanol–water partition coefficient (Wildman–Crippen LogP) is 2.56. The van der Waals surface area contributed by atoms with Gasteiger partial charge in [0, 0.05) is 32.2 Å². The van der Waals surface area contributed by atoms with Crippen LogP contribution in [-0.4, -0.2) is 72.5 Å². The van der Waals surface area contributed by atoms with E-state index in [0.29, 0.717) is 11.9 Å². The molecule has 0 radical (unpaired) electrons. The van der Waals surface area contributed by atoms with Crippen molar-refractivity contribution in [1.82, 2.24) is 14.7 Å². The molecule has 0 aromatic heterocycles. The highest BCUT2D eigenvalue weighted by Crippen LogP contribution is 2.26. The van der Waals surface area contributed by atoms with Crippen LogP contribution in [0.15, 0.2) is 24.3 Å². The number of nitrogens with zero attached hydrogens (tertiary/aromatic N) is 3. The highest BCUT2D eigenvalue weighted by atomic mass is 16.2. The summed E-state index contributed by atoms with van der Waals surface area (Å²) in [6.07, 6.45) is 8.19. The maximum absolute atomic E-state index is 13.1. The van der Waals surface area contributed by atoms with E-state index in [1.54, 1.807) is 0 Å². The number of hydrogen-bond acceptors (Lipinski definition) is 3. The lowest BCUT2D eigenvalue weighted by molar-refractivity contribution is -0.136. The van der Waals surface area contributed by atoms with Crippen molar-refractivity contribution in [3.8, 4) is 0 Å². The normalized spacial score (nSPS) is 26.3. The van der Waals surface area contributed by atoms with E-state index < -0.39 is 0 Å². The summed E-state index contributed by atoms with van der Waals surface area (Å²) in [7, 11) is 2.13. The van der Waals surface area contributed by atoms with Gasteiger partial charge in [0.1, 0.15) is 0 Å². The summed E-state index contributed by atoms with van der Waals surface area (Å²) in [5, 5.41) is 0. The molecule has 2 saturated heterocycles. The number of hydrogen-bond donors (Lipinski definition) is 0. The van der Waals surface area contributed by atoms with Gasteiger partial charge in [-0.3, -0.25) is 14.6 Å². The molecule has 1 aromatic rings. The van der Waals surface area contributed by atoms with E-state index in [2.05, 4.69) is 46.0 Å². The minimum absolute atomic E-state index is 0.111. The predicted molar refractivity (Wildman–Crippen MR) is 105 cm³/mol. The largest absolute Gasteiger partial charge is 0.340 e. The van der Waals surface area contributed by atoms with E-state index in [1.165, 1.54) is 43.2 Å². The number of likely N-dealkylation sites (tertiary alicyclic amines) is 1. The Labute approximate surface area is 158 Å². The van der Waals surface area contributed by atoms with E-state index in [4.69, 9.17) is 0 Å². The van der Waals surface area contributed by atoms with Crippen molar-refractivity contribution in [2.24, 2.45) is 0 Å². The summed E-state index contributed by atoms with van der Waals surface area (Å²) < 4.78 is 0. The van der Waals surface area contributed by atoms with Gasteiger partial charge in [-0.2, -0.15) is 0 Å². The van der Waals surface area contributed by atoms with E-state index in [0.717, 1.165) is 45.6 Å². The molecule has 0 saturated carbocycles. The molecule has 0 bridgehead atoms. The second kappa shape index (κ2) is 8.10. The van der Waals surface area contributed by atoms with Crippen molar-refractivity contribution in [1.29, 1.82) is 0 Å². The van der Waals surface area contributed by atoms with E-state index >= 15 is 0 Å². The Hall–Kier alpha value is -1.39. The first-order valence-electron chi connectivity index (χ1n) is 10.5. The van der Waals surface area contributed by atoms with Crippen LogP contribution in [0.25, 0.3) is 0 Å². The number of carbonyl (C=O) groups excluding carboxylic acids is 1. The van der Waals surface area contributed by atoms with Gasteiger partial charge in [0.25, 0.3) is 0 Å².